The number of amides is 3. The van der Waals surface area contributed by atoms with Crippen molar-refractivity contribution in [3.63, 3.8) is 0 Å². The van der Waals surface area contributed by atoms with Gasteiger partial charge in [0.1, 0.15) is 0 Å². The third-order valence-electron chi connectivity index (χ3n) is 7.53. The van der Waals surface area contributed by atoms with Gasteiger partial charge in [0, 0.05) is 46.2 Å². The van der Waals surface area contributed by atoms with Crippen LogP contribution in [0, 0.1) is 0 Å². The summed E-state index contributed by atoms with van der Waals surface area (Å²) in [4.78, 5) is 44.6. The van der Waals surface area contributed by atoms with Crippen LogP contribution in [0.15, 0.2) is 42.5 Å². The SMILES string of the molecule is CC1Cn2c3c(cccc3c3c4c(c5c6ccccc6[nH]c5c32)C(=O)NC4=O)CN1C(=O)[C@H](C)N. The van der Waals surface area contributed by atoms with Gasteiger partial charge in [-0.2, -0.15) is 0 Å². The fraction of sp³-hybridized carbons (Fsp3) is 0.222. The molecule has 2 atom stereocenters. The fourth-order valence-electron chi connectivity index (χ4n) is 6.08. The Balaban J connectivity index is 1.69. The molecular formula is C27H23N5O3. The molecule has 1 unspecified atom stereocenters. The number of hydrogen-bond donors (Lipinski definition) is 3. The summed E-state index contributed by atoms with van der Waals surface area (Å²) in [5.74, 6) is -0.829. The molecule has 4 N–H and O–H groups in total. The molecule has 8 heteroatoms. The second-order valence-corrected chi connectivity index (χ2v) is 9.71. The van der Waals surface area contributed by atoms with Gasteiger partial charge < -0.3 is 20.2 Å². The lowest BCUT2D eigenvalue weighted by molar-refractivity contribution is -0.135. The molecule has 2 aliphatic heterocycles. The van der Waals surface area contributed by atoms with Gasteiger partial charge in [-0.3, -0.25) is 19.7 Å². The topological polar surface area (TPSA) is 113 Å². The van der Waals surface area contributed by atoms with Crippen molar-refractivity contribution in [2.24, 2.45) is 5.73 Å². The zero-order valence-electron chi connectivity index (χ0n) is 19.3. The average molecular weight is 466 g/mol. The quantitative estimate of drug-likeness (QED) is 0.329. The van der Waals surface area contributed by atoms with Crippen LogP contribution in [0.3, 0.4) is 0 Å². The number of nitrogens with one attached hydrogen (secondary N) is 2. The van der Waals surface area contributed by atoms with Gasteiger partial charge in [-0.05, 0) is 25.5 Å². The van der Waals surface area contributed by atoms with Gasteiger partial charge in [0.25, 0.3) is 11.8 Å². The molecule has 5 aromatic rings. The molecule has 4 heterocycles. The first-order valence-electron chi connectivity index (χ1n) is 11.8. The van der Waals surface area contributed by atoms with E-state index in [1.54, 1.807) is 6.92 Å². The van der Waals surface area contributed by atoms with E-state index in [0.29, 0.717) is 24.2 Å². The van der Waals surface area contributed by atoms with Gasteiger partial charge in [0.2, 0.25) is 5.91 Å². The van der Waals surface area contributed by atoms with E-state index < -0.39 is 6.04 Å². The van der Waals surface area contributed by atoms with E-state index >= 15 is 0 Å². The van der Waals surface area contributed by atoms with Crippen LogP contribution >= 0.6 is 0 Å². The highest BCUT2D eigenvalue weighted by Gasteiger charge is 2.37. The summed E-state index contributed by atoms with van der Waals surface area (Å²) in [7, 11) is 0. The number of aromatic nitrogens is 2. The monoisotopic (exact) mass is 465 g/mol. The lowest BCUT2D eigenvalue weighted by atomic mass is 9.96. The third kappa shape index (κ3) is 2.46. The fourth-order valence-corrected chi connectivity index (χ4v) is 6.08. The largest absolute Gasteiger partial charge is 0.353 e. The van der Waals surface area contributed by atoms with E-state index in [9.17, 15) is 14.4 Å². The highest BCUT2D eigenvalue weighted by atomic mass is 16.2. The minimum absolute atomic E-state index is 0.0915. The van der Waals surface area contributed by atoms with Crippen LogP contribution in [0.5, 0.6) is 0 Å². The molecule has 174 valence electrons. The highest BCUT2D eigenvalue weighted by molar-refractivity contribution is 6.39. The molecule has 0 saturated carbocycles. The number of benzene rings is 3. The number of nitrogens with two attached hydrogens (primary N) is 1. The first-order chi connectivity index (χ1) is 16.9. The predicted octanol–water partition coefficient (Wildman–Crippen LogP) is 3.39. The van der Waals surface area contributed by atoms with Crippen molar-refractivity contribution in [3.05, 3.63) is 59.2 Å². The van der Waals surface area contributed by atoms with Crippen LogP contribution in [-0.2, 0) is 17.9 Å². The van der Waals surface area contributed by atoms with Crippen molar-refractivity contribution < 1.29 is 14.4 Å². The normalized spacial score (nSPS) is 18.5. The molecule has 0 bridgehead atoms. The first kappa shape index (κ1) is 20.2. The average Bonchev–Trinajstić information content (AvgIpc) is 3.43. The Hall–Kier alpha value is -4.17. The van der Waals surface area contributed by atoms with Crippen LogP contribution in [-0.4, -0.2) is 44.3 Å². The molecule has 35 heavy (non-hydrogen) atoms. The standard InChI is InChI=1S/C27H23N5O3/c1-12-10-32-23-14(11-31(12)27(35)13(2)28)6-5-8-16(23)19-21-20(25(33)30-26(21)34)18-15-7-3-4-9-17(15)29-22(18)24(19)32/h3-9,12-13,29H,10-11,28H2,1-2H3,(H,30,33,34)/t12?,13-/m0/s1. The Kier molecular flexibility index (Phi) is 3.87. The predicted molar refractivity (Wildman–Crippen MR) is 134 cm³/mol. The minimum Gasteiger partial charge on any atom is -0.353 e. The Morgan fingerprint density at radius 3 is 2.49 bits per heavy atom. The highest BCUT2D eigenvalue weighted by Crippen LogP contribution is 2.45. The summed E-state index contributed by atoms with van der Waals surface area (Å²) in [6, 6.07) is 13.1. The van der Waals surface area contributed by atoms with Crippen LogP contribution in [0.1, 0.15) is 40.1 Å². The Labute approximate surface area is 199 Å². The van der Waals surface area contributed by atoms with Crippen molar-refractivity contribution >= 4 is 61.3 Å². The summed E-state index contributed by atoms with van der Waals surface area (Å²) in [5.41, 5.74) is 11.4. The minimum atomic E-state index is -0.593. The van der Waals surface area contributed by atoms with Gasteiger partial charge in [-0.1, -0.05) is 36.4 Å². The van der Waals surface area contributed by atoms with E-state index in [2.05, 4.69) is 14.9 Å². The van der Waals surface area contributed by atoms with Gasteiger partial charge in [-0.25, -0.2) is 0 Å². The lowest BCUT2D eigenvalue weighted by Gasteiger charge is -2.29. The molecule has 3 amide bonds. The molecule has 3 aromatic carbocycles. The van der Waals surface area contributed by atoms with E-state index in [4.69, 9.17) is 5.73 Å². The molecule has 0 fully saturated rings. The van der Waals surface area contributed by atoms with Gasteiger partial charge in [0.15, 0.2) is 0 Å². The second kappa shape index (κ2) is 6.70. The van der Waals surface area contributed by atoms with Crippen molar-refractivity contribution in [2.75, 3.05) is 0 Å². The maximum absolute atomic E-state index is 13.2. The number of H-pyrrole nitrogens is 1. The molecule has 7 rings (SSSR count). The van der Waals surface area contributed by atoms with E-state index in [0.717, 1.165) is 49.2 Å². The molecule has 2 aliphatic rings. The maximum atomic E-state index is 13.2. The number of aromatic amines is 1. The molecular weight excluding hydrogens is 442 g/mol. The number of rotatable bonds is 1. The summed E-state index contributed by atoms with van der Waals surface area (Å²) in [6.45, 7) is 4.70. The zero-order valence-corrected chi connectivity index (χ0v) is 19.3. The first-order valence-corrected chi connectivity index (χ1v) is 11.8. The van der Waals surface area contributed by atoms with Gasteiger partial charge >= 0.3 is 0 Å². The Morgan fingerprint density at radius 2 is 1.71 bits per heavy atom. The van der Waals surface area contributed by atoms with Crippen LogP contribution in [0.4, 0.5) is 0 Å². The summed E-state index contributed by atoms with van der Waals surface area (Å²) < 4.78 is 2.22. The zero-order chi connectivity index (χ0) is 24.2. The maximum Gasteiger partial charge on any atom is 0.259 e. The molecule has 0 radical (unpaired) electrons. The van der Waals surface area contributed by atoms with Crippen molar-refractivity contribution in [2.45, 2.75) is 39.0 Å². The van der Waals surface area contributed by atoms with E-state index in [-0.39, 0.29) is 23.8 Å². The molecule has 0 saturated heterocycles. The Morgan fingerprint density at radius 1 is 1.00 bits per heavy atom. The molecule has 2 aromatic heterocycles. The smallest absolute Gasteiger partial charge is 0.259 e. The summed E-state index contributed by atoms with van der Waals surface area (Å²) in [6.07, 6.45) is 0. The number of carbonyl (C=O) groups excluding carboxylic acids is 3. The van der Waals surface area contributed by atoms with Crippen LogP contribution in [0.2, 0.25) is 0 Å². The second-order valence-electron chi connectivity index (χ2n) is 9.71. The lowest BCUT2D eigenvalue weighted by Crippen LogP contribution is -2.46. The van der Waals surface area contributed by atoms with E-state index in [1.165, 1.54) is 0 Å². The Bertz CT molecular complexity index is 1790. The number of hydrogen-bond acceptors (Lipinski definition) is 4. The van der Waals surface area contributed by atoms with Crippen molar-refractivity contribution in [1.82, 2.24) is 19.8 Å². The van der Waals surface area contributed by atoms with Crippen molar-refractivity contribution in [3.8, 4) is 0 Å². The van der Waals surface area contributed by atoms with Gasteiger partial charge in [0.05, 0.1) is 33.7 Å². The number of imide groups is 1. The number of carbonyl (C=O) groups is 3. The van der Waals surface area contributed by atoms with E-state index in [1.807, 2.05) is 54.3 Å². The third-order valence-corrected chi connectivity index (χ3v) is 7.53. The number of fused-ring (bicyclic) bond motifs is 10. The number of nitrogens with zero attached hydrogens (tertiary/aromatic N) is 2. The van der Waals surface area contributed by atoms with Crippen LogP contribution in [0.25, 0.3) is 43.6 Å². The summed E-state index contributed by atoms with van der Waals surface area (Å²) in [5, 5.41) is 5.87. The van der Waals surface area contributed by atoms with Crippen LogP contribution < -0.4 is 11.1 Å². The van der Waals surface area contributed by atoms with Gasteiger partial charge in [-0.15, -0.1) is 0 Å². The molecule has 8 nitrogen and oxygen atoms in total. The molecule has 0 spiro atoms. The summed E-state index contributed by atoms with van der Waals surface area (Å²) >= 11 is 0. The number of para-hydroxylation sites is 2. The van der Waals surface area contributed by atoms with Crippen molar-refractivity contribution in [1.29, 1.82) is 0 Å². The molecule has 0 aliphatic carbocycles.